The van der Waals surface area contributed by atoms with Crippen molar-refractivity contribution in [1.82, 2.24) is 9.97 Å². The molecular formula is C25H20N2O4. The van der Waals surface area contributed by atoms with Crippen LogP contribution in [0.4, 0.5) is 0 Å². The third kappa shape index (κ3) is 4.28. The first-order chi connectivity index (χ1) is 15.2. The summed E-state index contributed by atoms with van der Waals surface area (Å²) in [7, 11) is 0. The molecule has 6 nitrogen and oxygen atoms in total. The van der Waals surface area contributed by atoms with E-state index in [1.807, 2.05) is 54.6 Å². The molecule has 0 aliphatic rings. The number of ether oxygens (including phenoxy) is 2. The molecule has 2 heterocycles. The van der Waals surface area contributed by atoms with Crippen molar-refractivity contribution in [2.75, 3.05) is 6.61 Å². The zero-order chi connectivity index (χ0) is 21.6. The fourth-order valence-corrected chi connectivity index (χ4v) is 3.39. The molecule has 0 amide bonds. The zero-order valence-corrected chi connectivity index (χ0v) is 16.9. The molecule has 0 aliphatic heterocycles. The van der Waals surface area contributed by atoms with E-state index in [1.54, 1.807) is 25.1 Å². The molecule has 4 rings (SSSR count). The van der Waals surface area contributed by atoms with E-state index in [-0.39, 0.29) is 18.9 Å². The third-order valence-electron chi connectivity index (χ3n) is 4.72. The van der Waals surface area contributed by atoms with Crippen LogP contribution in [-0.2, 0) is 16.1 Å². The minimum atomic E-state index is -0.591. The molecular weight excluding hydrogens is 392 g/mol. The SMILES string of the molecule is CCOC(=O)c1c(COC(=O)c2ccccn2)nc2ccccc2c1-c1ccccc1. The predicted molar refractivity (Wildman–Crippen MR) is 116 cm³/mol. The average Bonchev–Trinajstić information content (AvgIpc) is 2.82. The van der Waals surface area contributed by atoms with Crippen molar-refractivity contribution < 1.29 is 19.1 Å². The number of pyridine rings is 2. The largest absolute Gasteiger partial charge is 0.462 e. The van der Waals surface area contributed by atoms with E-state index in [4.69, 9.17) is 9.47 Å². The van der Waals surface area contributed by atoms with Crippen molar-refractivity contribution in [3.05, 3.63) is 95.9 Å². The Labute approximate surface area is 179 Å². The van der Waals surface area contributed by atoms with Crippen LogP contribution in [0.1, 0.15) is 33.5 Å². The van der Waals surface area contributed by atoms with Gasteiger partial charge in [-0.05, 0) is 30.7 Å². The topological polar surface area (TPSA) is 78.4 Å². The number of para-hydroxylation sites is 1. The molecule has 2 aromatic heterocycles. The number of nitrogens with zero attached hydrogens (tertiary/aromatic N) is 2. The number of hydrogen-bond donors (Lipinski definition) is 0. The Balaban J connectivity index is 1.85. The molecule has 2 aromatic carbocycles. The summed E-state index contributed by atoms with van der Waals surface area (Å²) in [4.78, 5) is 34.1. The van der Waals surface area contributed by atoms with Gasteiger partial charge in [0.15, 0.2) is 0 Å². The molecule has 4 aromatic rings. The fourth-order valence-electron chi connectivity index (χ4n) is 3.39. The van der Waals surface area contributed by atoms with Gasteiger partial charge in [0.05, 0.1) is 23.4 Å². The predicted octanol–water partition coefficient (Wildman–Crippen LogP) is 4.83. The highest BCUT2D eigenvalue weighted by Crippen LogP contribution is 2.34. The number of esters is 2. The van der Waals surface area contributed by atoms with Gasteiger partial charge in [0.25, 0.3) is 0 Å². The number of hydrogen-bond acceptors (Lipinski definition) is 6. The Bertz CT molecular complexity index is 1220. The molecule has 0 fully saturated rings. The number of rotatable bonds is 6. The quantitative estimate of drug-likeness (QED) is 0.422. The maximum atomic E-state index is 13.0. The van der Waals surface area contributed by atoms with Crippen LogP contribution in [0, 0.1) is 0 Å². The van der Waals surface area contributed by atoms with Crippen molar-refractivity contribution in [3.63, 3.8) is 0 Å². The van der Waals surface area contributed by atoms with Crippen LogP contribution in [0.15, 0.2) is 79.0 Å². The maximum absolute atomic E-state index is 13.0. The van der Waals surface area contributed by atoms with Crippen molar-refractivity contribution >= 4 is 22.8 Å². The van der Waals surface area contributed by atoms with Gasteiger partial charge in [0.1, 0.15) is 12.3 Å². The van der Waals surface area contributed by atoms with Crippen LogP contribution in [0.2, 0.25) is 0 Å². The highest BCUT2D eigenvalue weighted by molar-refractivity contribution is 6.08. The lowest BCUT2D eigenvalue weighted by Gasteiger charge is -2.16. The first-order valence-corrected chi connectivity index (χ1v) is 9.91. The molecule has 0 radical (unpaired) electrons. The number of benzene rings is 2. The van der Waals surface area contributed by atoms with Crippen LogP contribution in [0.5, 0.6) is 0 Å². The summed E-state index contributed by atoms with van der Waals surface area (Å²) >= 11 is 0. The first-order valence-electron chi connectivity index (χ1n) is 9.91. The van der Waals surface area contributed by atoms with Crippen molar-refractivity contribution in [2.45, 2.75) is 13.5 Å². The second-order valence-electron chi connectivity index (χ2n) is 6.70. The molecule has 0 atom stereocenters. The zero-order valence-electron chi connectivity index (χ0n) is 16.9. The van der Waals surface area contributed by atoms with Crippen LogP contribution < -0.4 is 0 Å². The van der Waals surface area contributed by atoms with E-state index in [1.165, 1.54) is 6.20 Å². The monoisotopic (exact) mass is 412 g/mol. The Kier molecular flexibility index (Phi) is 5.98. The second kappa shape index (κ2) is 9.17. The summed E-state index contributed by atoms with van der Waals surface area (Å²) in [5.74, 6) is -1.10. The fraction of sp³-hybridized carbons (Fsp3) is 0.120. The average molecular weight is 412 g/mol. The van der Waals surface area contributed by atoms with Crippen molar-refractivity contribution in [1.29, 1.82) is 0 Å². The van der Waals surface area contributed by atoms with Gasteiger partial charge >= 0.3 is 11.9 Å². The Morgan fingerprint density at radius 3 is 2.32 bits per heavy atom. The maximum Gasteiger partial charge on any atom is 0.357 e. The van der Waals surface area contributed by atoms with Crippen LogP contribution in [0.25, 0.3) is 22.0 Å². The third-order valence-corrected chi connectivity index (χ3v) is 4.72. The molecule has 0 N–H and O–H groups in total. The number of carbonyl (C=O) groups excluding carboxylic acids is 2. The highest BCUT2D eigenvalue weighted by atomic mass is 16.5. The summed E-state index contributed by atoms with van der Waals surface area (Å²) in [6.45, 7) is 1.77. The number of aromatic nitrogens is 2. The number of fused-ring (bicyclic) bond motifs is 1. The van der Waals surface area contributed by atoms with Gasteiger partial charge in [0, 0.05) is 17.1 Å². The molecule has 0 unspecified atom stereocenters. The van der Waals surface area contributed by atoms with Gasteiger partial charge in [-0.2, -0.15) is 0 Å². The Morgan fingerprint density at radius 1 is 0.839 bits per heavy atom. The van der Waals surface area contributed by atoms with Gasteiger partial charge in [-0.25, -0.2) is 19.6 Å². The summed E-state index contributed by atoms with van der Waals surface area (Å²) in [6.07, 6.45) is 1.52. The molecule has 0 saturated heterocycles. The molecule has 154 valence electrons. The Morgan fingerprint density at radius 2 is 1.58 bits per heavy atom. The molecule has 0 saturated carbocycles. The molecule has 0 aliphatic carbocycles. The van der Waals surface area contributed by atoms with E-state index < -0.39 is 11.9 Å². The van der Waals surface area contributed by atoms with Gasteiger partial charge in [-0.15, -0.1) is 0 Å². The second-order valence-corrected chi connectivity index (χ2v) is 6.70. The van der Waals surface area contributed by atoms with E-state index >= 15 is 0 Å². The summed E-state index contributed by atoms with van der Waals surface area (Å²) in [5.41, 5.74) is 3.05. The first kappa shape index (κ1) is 20.2. The van der Waals surface area contributed by atoms with Crippen LogP contribution in [0.3, 0.4) is 0 Å². The lowest BCUT2D eigenvalue weighted by atomic mass is 9.94. The molecule has 31 heavy (non-hydrogen) atoms. The smallest absolute Gasteiger partial charge is 0.357 e. The van der Waals surface area contributed by atoms with E-state index in [0.717, 1.165) is 10.9 Å². The molecule has 6 heteroatoms. The normalized spacial score (nSPS) is 10.6. The number of carbonyl (C=O) groups is 2. The highest BCUT2D eigenvalue weighted by Gasteiger charge is 2.24. The summed E-state index contributed by atoms with van der Waals surface area (Å²) in [5, 5.41) is 0.816. The van der Waals surface area contributed by atoms with Gasteiger partial charge in [-0.3, -0.25) is 0 Å². The van der Waals surface area contributed by atoms with Gasteiger partial charge < -0.3 is 9.47 Å². The van der Waals surface area contributed by atoms with Crippen LogP contribution in [-0.4, -0.2) is 28.5 Å². The standard InChI is InChI=1S/C25H20N2O4/c1-2-30-25(29)23-21(16-31-24(28)20-14-8-9-15-26-20)27-19-13-7-6-12-18(19)22(23)17-10-4-3-5-11-17/h3-15H,2,16H2,1H3. The van der Waals surface area contributed by atoms with E-state index in [0.29, 0.717) is 22.3 Å². The minimum absolute atomic E-state index is 0.184. The summed E-state index contributed by atoms with van der Waals surface area (Å²) in [6, 6.07) is 22.1. The van der Waals surface area contributed by atoms with Crippen molar-refractivity contribution in [2.24, 2.45) is 0 Å². The van der Waals surface area contributed by atoms with Gasteiger partial charge in [0.2, 0.25) is 0 Å². The van der Waals surface area contributed by atoms with E-state index in [2.05, 4.69) is 9.97 Å². The van der Waals surface area contributed by atoms with Gasteiger partial charge in [-0.1, -0.05) is 54.6 Å². The lowest BCUT2D eigenvalue weighted by Crippen LogP contribution is -2.15. The minimum Gasteiger partial charge on any atom is -0.462 e. The summed E-state index contributed by atoms with van der Waals surface area (Å²) < 4.78 is 10.8. The molecule has 0 spiro atoms. The van der Waals surface area contributed by atoms with Crippen LogP contribution >= 0.6 is 0 Å². The van der Waals surface area contributed by atoms with Crippen molar-refractivity contribution in [3.8, 4) is 11.1 Å². The van der Waals surface area contributed by atoms with E-state index in [9.17, 15) is 9.59 Å². The Hall–Kier alpha value is -4.06. The molecule has 0 bridgehead atoms. The lowest BCUT2D eigenvalue weighted by molar-refractivity contribution is 0.0440.